The lowest BCUT2D eigenvalue weighted by molar-refractivity contribution is -0.255. The van der Waals surface area contributed by atoms with Crippen molar-refractivity contribution in [3.05, 3.63) is 130 Å². The van der Waals surface area contributed by atoms with E-state index in [0.29, 0.717) is 0 Å². The summed E-state index contributed by atoms with van der Waals surface area (Å²) < 4.78 is 84.6. The van der Waals surface area contributed by atoms with Crippen LogP contribution in [0.1, 0.15) is 44.1 Å². The van der Waals surface area contributed by atoms with Crippen LogP contribution in [0, 0.1) is 23.3 Å². The molecule has 9 nitrogen and oxygen atoms in total. The van der Waals surface area contributed by atoms with E-state index in [-0.39, 0.29) is 68.0 Å². The summed E-state index contributed by atoms with van der Waals surface area (Å²) in [6.45, 7) is -0.444. The number of ether oxygens (including phenoxy) is 3. The number of carbonyl (C=O) groups is 2. The van der Waals surface area contributed by atoms with E-state index in [0.717, 1.165) is 35.4 Å². The number of amides is 2. The van der Waals surface area contributed by atoms with Crippen LogP contribution in [0.15, 0.2) is 84.9 Å². The normalized spacial score (nSPS) is 22.0. The van der Waals surface area contributed by atoms with Crippen LogP contribution in [0.25, 0.3) is 43.6 Å². The number of fused-ring (bicyclic) bond motifs is 14. The maximum absolute atomic E-state index is 15.4. The van der Waals surface area contributed by atoms with Crippen molar-refractivity contribution in [3.63, 3.8) is 0 Å². The molecule has 5 aromatic carbocycles. The molecule has 2 amide bonds. The SMILES string of the molecule is O=C1NC(=O)c2c1c1c3cc(F)c(F)cc3n3c1c1c2c2cc(F)c(F)cc2n1[C@@H]1OC(CO)[C@H]3C(OCc2ccccc2)C1OCc1ccccc1. The van der Waals surface area contributed by atoms with Gasteiger partial charge in [-0.25, -0.2) is 17.6 Å². The van der Waals surface area contributed by atoms with Crippen LogP contribution in [0.4, 0.5) is 17.6 Å². The molecule has 0 radical (unpaired) electrons. The first-order valence-electron chi connectivity index (χ1n) is 17.0. The van der Waals surface area contributed by atoms with Crippen molar-refractivity contribution in [1.29, 1.82) is 0 Å². The van der Waals surface area contributed by atoms with Gasteiger partial charge in [0.15, 0.2) is 29.5 Å². The standard InChI is InChI=1S/C40H27F4N3O6/c41-22-11-20-26(13-24(22)43)46-33-28(15-48)53-40(37(52-17-19-9-5-2-6-10-19)36(33)51-16-18-7-3-1-4-8-18)47-27-14-25(44)23(42)12-21(27)30-32-31(38(49)45-39(32)50)29(20)34(46)35(30)47/h1-14,28,33,36-37,40,48H,15-17H2,(H,45,49,50)/t28?,33-,36?,37?,40+/m0/s1. The Balaban J connectivity index is 1.37. The van der Waals surface area contributed by atoms with E-state index >= 15 is 17.6 Å². The molecule has 13 heteroatoms. The van der Waals surface area contributed by atoms with Gasteiger partial charge in [0.25, 0.3) is 11.8 Å². The second-order valence-electron chi connectivity index (χ2n) is 13.5. The molecule has 2 bridgehead atoms. The summed E-state index contributed by atoms with van der Waals surface area (Å²) in [7, 11) is 0. The summed E-state index contributed by atoms with van der Waals surface area (Å²) in [4.78, 5) is 27.4. The number of hydrogen-bond donors (Lipinski definition) is 2. The molecule has 7 aromatic rings. The van der Waals surface area contributed by atoms with Gasteiger partial charge in [-0.15, -0.1) is 0 Å². The summed E-state index contributed by atoms with van der Waals surface area (Å²) in [5.41, 5.74) is 2.04. The Morgan fingerprint density at radius 2 is 1.13 bits per heavy atom. The molecule has 266 valence electrons. The molecule has 5 heterocycles. The molecular formula is C40H27F4N3O6. The lowest BCUT2D eigenvalue weighted by Gasteiger charge is -2.49. The number of benzene rings is 5. The Morgan fingerprint density at radius 1 is 0.660 bits per heavy atom. The fourth-order valence-electron chi connectivity index (χ4n) is 8.57. The zero-order chi connectivity index (χ0) is 36.3. The number of imide groups is 1. The van der Waals surface area contributed by atoms with Gasteiger partial charge in [-0.1, -0.05) is 60.7 Å². The Morgan fingerprint density at radius 3 is 1.66 bits per heavy atom. The topological polar surface area (TPSA) is 104 Å². The highest BCUT2D eigenvalue weighted by atomic mass is 19.2. The van der Waals surface area contributed by atoms with E-state index in [4.69, 9.17) is 14.2 Å². The van der Waals surface area contributed by atoms with Gasteiger partial charge in [-0.2, -0.15) is 0 Å². The summed E-state index contributed by atoms with van der Waals surface area (Å²) in [5, 5.41) is 13.8. The summed E-state index contributed by atoms with van der Waals surface area (Å²) >= 11 is 0. The molecule has 3 unspecified atom stereocenters. The number of nitrogens with zero attached hydrogens (tertiary/aromatic N) is 2. The quantitative estimate of drug-likeness (QED) is 0.136. The Kier molecular flexibility index (Phi) is 7.08. The van der Waals surface area contributed by atoms with E-state index in [1.165, 1.54) is 0 Å². The van der Waals surface area contributed by atoms with Crippen molar-refractivity contribution in [3.8, 4) is 0 Å². The number of aliphatic hydroxyl groups is 1. The van der Waals surface area contributed by atoms with Crippen molar-refractivity contribution in [1.82, 2.24) is 14.5 Å². The molecule has 1 saturated heterocycles. The molecule has 10 rings (SSSR count). The largest absolute Gasteiger partial charge is 0.394 e. The third-order valence-electron chi connectivity index (χ3n) is 10.7. The average Bonchev–Trinajstić information content (AvgIpc) is 3.75. The Labute approximate surface area is 296 Å². The van der Waals surface area contributed by atoms with Crippen molar-refractivity contribution < 1.29 is 46.5 Å². The summed E-state index contributed by atoms with van der Waals surface area (Å²) in [6.07, 6.45) is -4.30. The van der Waals surface area contributed by atoms with E-state index in [2.05, 4.69) is 5.32 Å². The first kappa shape index (κ1) is 32.1. The van der Waals surface area contributed by atoms with E-state index < -0.39 is 72.3 Å². The maximum atomic E-state index is 15.4. The second kappa shape index (κ2) is 11.7. The Bertz CT molecular complexity index is 2700. The van der Waals surface area contributed by atoms with Crippen LogP contribution in [-0.4, -0.2) is 51.0 Å². The van der Waals surface area contributed by atoms with Gasteiger partial charge in [-0.3, -0.25) is 14.9 Å². The Hall–Kier alpha value is -5.60. The molecular weight excluding hydrogens is 694 g/mol. The minimum atomic E-state index is -1.20. The molecule has 2 aromatic heterocycles. The predicted octanol–water partition coefficient (Wildman–Crippen LogP) is 6.96. The molecule has 0 saturated carbocycles. The highest BCUT2D eigenvalue weighted by Gasteiger charge is 2.53. The molecule has 3 aliphatic rings. The van der Waals surface area contributed by atoms with Crippen molar-refractivity contribution >= 4 is 55.4 Å². The average molecular weight is 722 g/mol. The van der Waals surface area contributed by atoms with Gasteiger partial charge in [0.1, 0.15) is 18.3 Å². The second-order valence-corrected chi connectivity index (χ2v) is 13.5. The highest BCUT2D eigenvalue weighted by Crippen LogP contribution is 2.53. The lowest BCUT2D eigenvalue weighted by Crippen LogP contribution is -2.56. The maximum Gasteiger partial charge on any atom is 0.259 e. The van der Waals surface area contributed by atoms with Crippen LogP contribution in [-0.2, 0) is 27.4 Å². The molecule has 0 aliphatic carbocycles. The van der Waals surface area contributed by atoms with Crippen LogP contribution in [0.3, 0.4) is 0 Å². The van der Waals surface area contributed by atoms with Gasteiger partial charge in [-0.05, 0) is 23.3 Å². The van der Waals surface area contributed by atoms with Crippen molar-refractivity contribution in [2.45, 2.75) is 43.8 Å². The van der Waals surface area contributed by atoms with Crippen LogP contribution in [0.2, 0.25) is 0 Å². The smallest absolute Gasteiger partial charge is 0.259 e. The van der Waals surface area contributed by atoms with Gasteiger partial charge >= 0.3 is 0 Å². The first-order valence-corrected chi connectivity index (χ1v) is 17.0. The number of nitrogens with one attached hydrogen (secondary N) is 1. The predicted molar refractivity (Wildman–Crippen MR) is 184 cm³/mol. The van der Waals surface area contributed by atoms with Gasteiger partial charge < -0.3 is 28.5 Å². The van der Waals surface area contributed by atoms with Crippen molar-refractivity contribution in [2.75, 3.05) is 6.61 Å². The number of halogens is 4. The monoisotopic (exact) mass is 721 g/mol. The highest BCUT2D eigenvalue weighted by molar-refractivity contribution is 6.39. The third kappa shape index (κ3) is 4.51. The van der Waals surface area contributed by atoms with Gasteiger partial charge in [0, 0.05) is 33.7 Å². The van der Waals surface area contributed by atoms with E-state index in [1.54, 1.807) is 9.13 Å². The van der Waals surface area contributed by atoms with Crippen LogP contribution < -0.4 is 5.32 Å². The summed E-state index contributed by atoms with van der Waals surface area (Å²) in [6, 6.07) is 21.5. The fourth-order valence-corrected chi connectivity index (χ4v) is 8.57. The third-order valence-corrected chi connectivity index (χ3v) is 10.7. The number of rotatable bonds is 7. The first-order chi connectivity index (χ1) is 25.7. The minimum Gasteiger partial charge on any atom is -0.394 e. The number of carbonyl (C=O) groups excluding carboxylic acids is 2. The summed E-state index contributed by atoms with van der Waals surface area (Å²) in [5.74, 6) is -6.36. The molecule has 53 heavy (non-hydrogen) atoms. The molecule has 2 N–H and O–H groups in total. The fraction of sp³-hybridized carbons (Fsp3) is 0.200. The van der Waals surface area contributed by atoms with Gasteiger partial charge in [0.2, 0.25) is 0 Å². The van der Waals surface area contributed by atoms with Crippen LogP contribution in [0.5, 0.6) is 0 Å². The van der Waals surface area contributed by atoms with E-state index in [9.17, 15) is 14.7 Å². The van der Waals surface area contributed by atoms with Gasteiger partial charge in [0.05, 0.1) is 59.1 Å². The van der Waals surface area contributed by atoms with Crippen molar-refractivity contribution in [2.24, 2.45) is 0 Å². The zero-order valence-corrected chi connectivity index (χ0v) is 27.5. The lowest BCUT2D eigenvalue weighted by atomic mass is 9.92. The number of hydrogen-bond acceptors (Lipinski definition) is 6. The zero-order valence-electron chi connectivity index (χ0n) is 27.5. The van der Waals surface area contributed by atoms with Crippen LogP contribution >= 0.6 is 0 Å². The molecule has 5 atom stereocenters. The minimum absolute atomic E-state index is 0.0635. The number of aromatic nitrogens is 2. The number of aliphatic hydroxyl groups excluding tert-OH is 1. The molecule has 3 aliphatic heterocycles. The molecule has 0 spiro atoms. The molecule has 1 fully saturated rings. The van der Waals surface area contributed by atoms with E-state index in [1.807, 2.05) is 60.7 Å².